The van der Waals surface area contributed by atoms with E-state index in [0.29, 0.717) is 31.6 Å². The van der Waals surface area contributed by atoms with Crippen molar-refractivity contribution in [1.29, 1.82) is 0 Å². The fraction of sp³-hybridized carbons (Fsp3) is 0.421. The number of rotatable bonds is 19. The van der Waals surface area contributed by atoms with Crippen LogP contribution in [0.25, 0.3) is 0 Å². The van der Waals surface area contributed by atoms with Crippen LogP contribution in [0.3, 0.4) is 0 Å². The molecule has 1 heterocycles. The van der Waals surface area contributed by atoms with Gasteiger partial charge in [0, 0.05) is 26.2 Å². The smallest absolute Gasteiger partial charge is 0.321 e. The normalized spacial score (nSPS) is 16.6. The Hall–Kier alpha value is -4.83. The molecule has 1 saturated heterocycles. The zero-order chi connectivity index (χ0) is 38.5. The van der Waals surface area contributed by atoms with E-state index in [1.54, 1.807) is 23.6 Å². The molecule has 4 rings (SSSR count). The molecule has 1 fully saturated rings. The summed E-state index contributed by atoms with van der Waals surface area (Å²) >= 11 is 0. The van der Waals surface area contributed by atoms with Gasteiger partial charge in [-0.15, -0.1) is 5.90 Å². The van der Waals surface area contributed by atoms with Crippen LogP contribution in [0.5, 0.6) is 0 Å². The van der Waals surface area contributed by atoms with Gasteiger partial charge in [-0.3, -0.25) is 10.1 Å². The van der Waals surface area contributed by atoms with E-state index < -0.39 is 39.3 Å². The summed E-state index contributed by atoms with van der Waals surface area (Å²) in [6.45, 7) is 8.39. The van der Waals surface area contributed by atoms with Crippen molar-refractivity contribution >= 4 is 34.2 Å². The minimum atomic E-state index is -3.90. The van der Waals surface area contributed by atoms with E-state index in [4.69, 9.17) is 11.1 Å². The van der Waals surface area contributed by atoms with Gasteiger partial charge in [-0.2, -0.15) is 0 Å². The van der Waals surface area contributed by atoms with Gasteiger partial charge in [0.15, 0.2) is 9.84 Å². The van der Waals surface area contributed by atoms with Crippen molar-refractivity contribution in [3.05, 3.63) is 101 Å². The zero-order valence-electron chi connectivity index (χ0n) is 30.6. The standard InChI is InChI=1S/C38H51N7O7S/c1-5-27(4)35(45-19-18-44(38(45)48)25-31-13-9-12-30(20-31)23-42-52-39)36(47)43-33(21-28-10-7-6-8-11-28)34(46)24-40-37(26(2)3)53(50,51)32-16-14-29(15-17-32)22-41-49/h6-17,20,22-23,26-27,33-35,37,40,46,49H,5,18-19,21,24-25,39H2,1-4H3,(H,43,47)/b41-22+,42-23+/t27-,33-,34+,35-,37-/m0/s1. The molecule has 286 valence electrons. The predicted octanol–water partition coefficient (Wildman–Crippen LogP) is 3.51. The molecule has 0 aliphatic carbocycles. The third-order valence-electron chi connectivity index (χ3n) is 9.48. The number of aliphatic hydroxyl groups is 1. The van der Waals surface area contributed by atoms with Gasteiger partial charge in [0.1, 0.15) is 11.4 Å². The Labute approximate surface area is 311 Å². The first-order valence-corrected chi connectivity index (χ1v) is 19.2. The van der Waals surface area contributed by atoms with Gasteiger partial charge in [-0.1, -0.05) is 105 Å². The van der Waals surface area contributed by atoms with Crippen molar-refractivity contribution < 1.29 is 33.3 Å². The van der Waals surface area contributed by atoms with E-state index in [9.17, 15) is 23.1 Å². The molecule has 0 unspecified atom stereocenters. The SMILES string of the molecule is CC[C@H](C)[C@@H](C(=O)N[C@@H](Cc1ccccc1)[C@H](O)CN[C@H](C(C)C)S(=O)(=O)c1ccc(/C=N/O)cc1)N1CCN(Cc2cccc(/C=N/ON)c2)C1=O. The molecule has 1 aliphatic rings. The Morgan fingerprint density at radius 2 is 1.68 bits per heavy atom. The fourth-order valence-electron chi connectivity index (χ4n) is 6.48. The number of amides is 3. The van der Waals surface area contributed by atoms with Gasteiger partial charge in [0.05, 0.1) is 29.5 Å². The molecule has 53 heavy (non-hydrogen) atoms. The molecule has 15 heteroatoms. The second kappa shape index (κ2) is 19.3. The number of hydrogen-bond acceptors (Lipinski definition) is 11. The number of hydrogen-bond donors (Lipinski definition) is 5. The van der Waals surface area contributed by atoms with E-state index in [0.717, 1.165) is 16.7 Å². The highest BCUT2D eigenvalue weighted by atomic mass is 32.2. The molecule has 0 spiro atoms. The van der Waals surface area contributed by atoms with Gasteiger partial charge in [0.2, 0.25) is 5.91 Å². The van der Waals surface area contributed by atoms with Crippen LogP contribution in [0.2, 0.25) is 0 Å². The summed E-state index contributed by atoms with van der Waals surface area (Å²) in [6, 6.07) is 20.9. The number of aliphatic hydroxyl groups excluding tert-OH is 1. The summed E-state index contributed by atoms with van der Waals surface area (Å²) in [5.41, 5.74) is 3.03. The second-order valence-corrected chi connectivity index (χ2v) is 15.7. The minimum Gasteiger partial charge on any atom is -0.411 e. The molecule has 0 saturated carbocycles. The van der Waals surface area contributed by atoms with Crippen molar-refractivity contribution in [3.8, 4) is 0 Å². The van der Waals surface area contributed by atoms with Crippen LogP contribution in [0, 0.1) is 11.8 Å². The van der Waals surface area contributed by atoms with Gasteiger partial charge < -0.3 is 30.4 Å². The molecule has 3 aromatic rings. The molecule has 0 radical (unpaired) electrons. The third kappa shape index (κ3) is 10.9. The van der Waals surface area contributed by atoms with Crippen LogP contribution in [0.15, 0.2) is 94.1 Å². The number of nitrogens with one attached hydrogen (secondary N) is 2. The maximum Gasteiger partial charge on any atom is 0.321 e. The molecular formula is C38H51N7O7S. The lowest BCUT2D eigenvalue weighted by Gasteiger charge is -2.34. The molecule has 0 bridgehead atoms. The molecule has 1 aliphatic heterocycles. The highest BCUT2D eigenvalue weighted by molar-refractivity contribution is 7.92. The highest BCUT2D eigenvalue weighted by Gasteiger charge is 2.41. The number of carbonyl (C=O) groups is 2. The van der Waals surface area contributed by atoms with Crippen LogP contribution in [0.4, 0.5) is 4.79 Å². The third-order valence-corrected chi connectivity index (χ3v) is 11.8. The summed E-state index contributed by atoms with van der Waals surface area (Å²) in [4.78, 5) is 35.7. The van der Waals surface area contributed by atoms with Gasteiger partial charge in [-0.05, 0) is 58.7 Å². The Bertz CT molecular complexity index is 1810. The largest absolute Gasteiger partial charge is 0.411 e. The number of nitrogens with two attached hydrogens (primary N) is 1. The lowest BCUT2D eigenvalue weighted by Crippen LogP contribution is -2.58. The first kappa shape index (κ1) is 40.9. The monoisotopic (exact) mass is 749 g/mol. The maximum atomic E-state index is 14.2. The van der Waals surface area contributed by atoms with E-state index in [2.05, 4.69) is 25.9 Å². The van der Waals surface area contributed by atoms with E-state index in [1.165, 1.54) is 36.7 Å². The molecule has 14 nitrogen and oxygen atoms in total. The van der Waals surface area contributed by atoms with Crippen molar-refractivity contribution in [2.75, 3.05) is 19.6 Å². The first-order chi connectivity index (χ1) is 25.4. The van der Waals surface area contributed by atoms with Crippen LogP contribution >= 0.6 is 0 Å². The molecule has 6 N–H and O–H groups in total. The lowest BCUT2D eigenvalue weighted by molar-refractivity contribution is -0.128. The summed E-state index contributed by atoms with van der Waals surface area (Å²) in [5, 5.41) is 32.1. The number of sulfone groups is 1. The minimum absolute atomic E-state index is 0.0749. The van der Waals surface area contributed by atoms with E-state index >= 15 is 0 Å². The quantitative estimate of drug-likeness (QED) is 0.0692. The lowest BCUT2D eigenvalue weighted by atomic mass is 9.95. The Morgan fingerprint density at radius 3 is 2.32 bits per heavy atom. The Morgan fingerprint density at radius 1 is 0.981 bits per heavy atom. The Kier molecular flexibility index (Phi) is 14.9. The highest BCUT2D eigenvalue weighted by Crippen LogP contribution is 2.24. The number of urea groups is 1. The molecule has 5 atom stereocenters. The van der Waals surface area contributed by atoms with Gasteiger partial charge in [-0.25, -0.2) is 13.2 Å². The van der Waals surface area contributed by atoms with Crippen LogP contribution in [-0.4, -0.2) is 96.1 Å². The number of benzene rings is 3. The number of oxime groups is 2. The Balaban J connectivity index is 1.52. The van der Waals surface area contributed by atoms with Crippen molar-refractivity contribution in [2.45, 2.75) is 75.5 Å². The summed E-state index contributed by atoms with van der Waals surface area (Å²) in [5.74, 6) is 4.03. The van der Waals surface area contributed by atoms with Crippen LogP contribution in [0.1, 0.15) is 56.4 Å². The van der Waals surface area contributed by atoms with E-state index in [-0.39, 0.29) is 35.7 Å². The fourth-order valence-corrected chi connectivity index (χ4v) is 8.32. The topological polar surface area (TPSA) is 199 Å². The van der Waals surface area contributed by atoms with Crippen LogP contribution in [-0.2, 0) is 32.5 Å². The molecular weight excluding hydrogens is 699 g/mol. The predicted molar refractivity (Wildman–Crippen MR) is 203 cm³/mol. The molecule has 0 aromatic heterocycles. The van der Waals surface area contributed by atoms with Gasteiger partial charge >= 0.3 is 6.03 Å². The summed E-state index contributed by atoms with van der Waals surface area (Å²) in [7, 11) is -3.90. The average molecular weight is 750 g/mol. The molecule has 3 aromatic carbocycles. The van der Waals surface area contributed by atoms with E-state index in [1.807, 2.05) is 68.4 Å². The number of carbonyl (C=O) groups excluding carboxylic acids is 2. The van der Waals surface area contributed by atoms with Crippen molar-refractivity contribution in [1.82, 2.24) is 20.4 Å². The maximum absolute atomic E-state index is 14.2. The van der Waals surface area contributed by atoms with Gasteiger partial charge in [0.25, 0.3) is 0 Å². The first-order valence-electron chi connectivity index (χ1n) is 17.7. The van der Waals surface area contributed by atoms with Crippen molar-refractivity contribution in [2.24, 2.45) is 28.0 Å². The molecule has 3 amide bonds. The summed E-state index contributed by atoms with van der Waals surface area (Å²) < 4.78 is 27.4. The van der Waals surface area contributed by atoms with Crippen LogP contribution < -0.4 is 16.5 Å². The second-order valence-electron chi connectivity index (χ2n) is 13.6. The van der Waals surface area contributed by atoms with Crippen molar-refractivity contribution in [3.63, 3.8) is 0 Å². The summed E-state index contributed by atoms with van der Waals surface area (Å²) in [6.07, 6.45) is 2.37. The number of nitrogens with zero attached hydrogens (tertiary/aromatic N) is 4. The zero-order valence-corrected chi connectivity index (χ0v) is 31.4. The average Bonchev–Trinajstić information content (AvgIpc) is 3.49.